The topological polar surface area (TPSA) is 98.7 Å². The van der Waals surface area contributed by atoms with Gasteiger partial charge in [-0.2, -0.15) is 0 Å². The van der Waals surface area contributed by atoms with Crippen LogP contribution in [-0.4, -0.2) is 70.0 Å². The highest BCUT2D eigenvalue weighted by Crippen LogP contribution is 2.66. The predicted molar refractivity (Wildman–Crippen MR) is 118 cm³/mol. The molecule has 0 saturated carbocycles. The molecule has 2 bridgehead atoms. The zero-order valence-corrected chi connectivity index (χ0v) is 19.3. The molecule has 0 aromatic heterocycles. The number of nitrogens with zero attached hydrogens (tertiary/aromatic N) is 1. The van der Waals surface area contributed by atoms with Crippen LogP contribution in [0.1, 0.15) is 65.2 Å². The smallest absolute Gasteiger partial charge is 0.244 e. The van der Waals surface area contributed by atoms with Crippen LogP contribution in [0.2, 0.25) is 0 Å². The van der Waals surface area contributed by atoms with Gasteiger partial charge in [0.1, 0.15) is 6.04 Å². The Labute approximate surface area is 184 Å². The van der Waals surface area contributed by atoms with Gasteiger partial charge >= 0.3 is 0 Å². The van der Waals surface area contributed by atoms with Crippen LogP contribution in [-0.2, 0) is 14.4 Å². The van der Waals surface area contributed by atoms with E-state index in [0.29, 0.717) is 6.54 Å². The zero-order chi connectivity index (χ0) is 21.9. The van der Waals surface area contributed by atoms with Crippen molar-refractivity contribution in [3.8, 4) is 0 Å². The third-order valence-corrected chi connectivity index (χ3v) is 8.97. The van der Waals surface area contributed by atoms with Crippen LogP contribution < -0.4 is 10.6 Å². The van der Waals surface area contributed by atoms with Crippen molar-refractivity contribution in [3.05, 3.63) is 0 Å². The number of likely N-dealkylation sites (tertiary alicyclic amines) is 1. The maximum absolute atomic E-state index is 13.6. The van der Waals surface area contributed by atoms with E-state index in [2.05, 4.69) is 17.6 Å². The first-order valence-corrected chi connectivity index (χ1v) is 12.4. The van der Waals surface area contributed by atoms with Crippen molar-refractivity contribution >= 4 is 29.5 Å². The van der Waals surface area contributed by atoms with Gasteiger partial charge < -0.3 is 20.6 Å². The van der Waals surface area contributed by atoms with E-state index in [0.717, 1.165) is 51.4 Å². The average Bonchev–Trinajstić information content (AvgIpc) is 3.35. The van der Waals surface area contributed by atoms with E-state index in [-0.39, 0.29) is 41.5 Å². The van der Waals surface area contributed by atoms with E-state index < -0.39 is 16.7 Å². The standard InChI is InChI=1S/C22H37N3O4S/c1-4-9-14(2)24-20(28)18-22-11-10-15(30-22)16(19(27)23-3)17(22)21(29)25(18)12-7-5-6-8-13-26/h14-18,26H,4-13H2,1-3H3,(H,23,27)(H,24,28)/t14?,15-,16+,17+,18?,22?/m1/s1. The van der Waals surface area contributed by atoms with Crippen molar-refractivity contribution in [2.45, 2.75) is 87.3 Å². The zero-order valence-electron chi connectivity index (χ0n) is 18.5. The maximum Gasteiger partial charge on any atom is 0.244 e. The lowest BCUT2D eigenvalue weighted by Crippen LogP contribution is -2.55. The Morgan fingerprint density at radius 1 is 1.27 bits per heavy atom. The largest absolute Gasteiger partial charge is 0.396 e. The molecule has 3 N–H and O–H groups in total. The molecule has 0 radical (unpaired) electrons. The van der Waals surface area contributed by atoms with Gasteiger partial charge in [-0.15, -0.1) is 11.8 Å². The van der Waals surface area contributed by atoms with Gasteiger partial charge in [-0.25, -0.2) is 0 Å². The predicted octanol–water partition coefficient (Wildman–Crippen LogP) is 1.68. The summed E-state index contributed by atoms with van der Waals surface area (Å²) < 4.78 is -0.486. The SMILES string of the molecule is CCCC(C)NC(=O)C1N(CCCCCCO)C(=O)[C@@H]2[C@@H](C(=O)NC)[C@H]3CCC12S3. The second kappa shape index (κ2) is 9.90. The Kier molecular flexibility index (Phi) is 7.71. The van der Waals surface area contributed by atoms with E-state index in [1.54, 1.807) is 23.7 Å². The summed E-state index contributed by atoms with van der Waals surface area (Å²) in [4.78, 5) is 41.4. The molecule has 170 valence electrons. The van der Waals surface area contributed by atoms with E-state index in [9.17, 15) is 14.4 Å². The first kappa shape index (κ1) is 23.4. The molecule has 0 aromatic carbocycles. The quantitative estimate of drug-likeness (QED) is 0.426. The van der Waals surface area contributed by atoms with Crippen LogP contribution in [0.5, 0.6) is 0 Å². The van der Waals surface area contributed by atoms with Crippen LogP contribution in [0.4, 0.5) is 0 Å². The molecule has 3 heterocycles. The summed E-state index contributed by atoms with van der Waals surface area (Å²) in [5.41, 5.74) is 0. The highest BCUT2D eigenvalue weighted by Gasteiger charge is 2.73. The maximum atomic E-state index is 13.6. The number of nitrogens with one attached hydrogen (secondary N) is 2. The second-order valence-electron chi connectivity index (χ2n) is 9.04. The number of carbonyl (C=O) groups excluding carboxylic acids is 3. The van der Waals surface area contributed by atoms with E-state index in [1.807, 2.05) is 6.92 Å². The van der Waals surface area contributed by atoms with E-state index >= 15 is 0 Å². The number of fused-ring (bicyclic) bond motifs is 1. The minimum atomic E-state index is -0.503. The normalized spacial score (nSPS) is 32.9. The van der Waals surface area contributed by atoms with Crippen LogP contribution >= 0.6 is 11.8 Å². The molecule has 3 aliphatic heterocycles. The summed E-state index contributed by atoms with van der Waals surface area (Å²) in [5.74, 6) is -0.910. The first-order valence-electron chi connectivity index (χ1n) is 11.5. The fraction of sp³-hybridized carbons (Fsp3) is 0.864. The first-order chi connectivity index (χ1) is 14.4. The van der Waals surface area contributed by atoms with Gasteiger partial charge in [-0.3, -0.25) is 14.4 Å². The van der Waals surface area contributed by atoms with Crippen molar-refractivity contribution in [1.29, 1.82) is 0 Å². The van der Waals surface area contributed by atoms with Gasteiger partial charge in [0.2, 0.25) is 17.7 Å². The Bertz CT molecular complexity index is 660. The molecule has 3 amide bonds. The summed E-state index contributed by atoms with van der Waals surface area (Å²) >= 11 is 1.72. The van der Waals surface area contributed by atoms with Gasteiger partial charge in [-0.05, 0) is 39.0 Å². The van der Waals surface area contributed by atoms with Crippen molar-refractivity contribution in [2.75, 3.05) is 20.2 Å². The van der Waals surface area contributed by atoms with Crippen LogP contribution in [0.15, 0.2) is 0 Å². The van der Waals surface area contributed by atoms with Crippen molar-refractivity contribution < 1.29 is 19.5 Å². The van der Waals surface area contributed by atoms with Gasteiger partial charge in [0.15, 0.2) is 0 Å². The van der Waals surface area contributed by atoms with Gasteiger partial charge in [-0.1, -0.05) is 26.2 Å². The number of hydrogen-bond donors (Lipinski definition) is 3. The lowest BCUT2D eigenvalue weighted by Gasteiger charge is -2.35. The van der Waals surface area contributed by atoms with Crippen molar-refractivity contribution in [1.82, 2.24) is 15.5 Å². The Balaban J connectivity index is 1.84. The molecule has 0 aliphatic carbocycles. The third-order valence-electron chi connectivity index (χ3n) is 7.02. The average molecular weight is 440 g/mol. The fourth-order valence-corrected chi connectivity index (χ4v) is 7.96. The van der Waals surface area contributed by atoms with Crippen molar-refractivity contribution in [3.63, 3.8) is 0 Å². The number of unbranched alkanes of at least 4 members (excludes halogenated alkanes) is 3. The Morgan fingerprint density at radius 2 is 2.00 bits per heavy atom. The molecular weight excluding hydrogens is 402 g/mol. The summed E-state index contributed by atoms with van der Waals surface area (Å²) in [5, 5.41) is 15.0. The molecule has 3 unspecified atom stereocenters. The molecule has 7 nitrogen and oxygen atoms in total. The molecular formula is C22H37N3O4S. The Hall–Kier alpha value is -1.28. The molecule has 0 aromatic rings. The van der Waals surface area contributed by atoms with Gasteiger partial charge in [0.05, 0.1) is 16.6 Å². The molecule has 3 rings (SSSR count). The second-order valence-corrected chi connectivity index (χ2v) is 10.6. The van der Waals surface area contributed by atoms with Gasteiger partial charge in [0, 0.05) is 31.5 Å². The van der Waals surface area contributed by atoms with E-state index in [1.165, 1.54) is 0 Å². The number of amides is 3. The molecule has 6 atom stereocenters. The molecule has 8 heteroatoms. The van der Waals surface area contributed by atoms with Crippen LogP contribution in [0.3, 0.4) is 0 Å². The molecule has 30 heavy (non-hydrogen) atoms. The fourth-order valence-electron chi connectivity index (χ4n) is 5.74. The van der Waals surface area contributed by atoms with Crippen LogP contribution in [0, 0.1) is 11.8 Å². The minimum Gasteiger partial charge on any atom is -0.396 e. The lowest BCUT2D eigenvalue weighted by molar-refractivity contribution is -0.140. The monoisotopic (exact) mass is 439 g/mol. The molecule has 3 aliphatic rings. The lowest BCUT2D eigenvalue weighted by atomic mass is 9.70. The minimum absolute atomic E-state index is 0.0243. The van der Waals surface area contributed by atoms with E-state index in [4.69, 9.17) is 5.11 Å². The number of aliphatic hydroxyl groups is 1. The summed E-state index contributed by atoms with van der Waals surface area (Å²) in [6.45, 7) is 4.82. The number of aliphatic hydroxyl groups excluding tert-OH is 1. The number of rotatable bonds is 11. The Morgan fingerprint density at radius 3 is 2.67 bits per heavy atom. The number of hydrogen-bond acceptors (Lipinski definition) is 5. The highest BCUT2D eigenvalue weighted by molar-refractivity contribution is 8.02. The van der Waals surface area contributed by atoms with Gasteiger partial charge in [0.25, 0.3) is 0 Å². The summed E-state index contributed by atoms with van der Waals surface area (Å²) in [6, 6.07) is -0.436. The van der Waals surface area contributed by atoms with Crippen molar-refractivity contribution in [2.24, 2.45) is 11.8 Å². The number of carbonyl (C=O) groups is 3. The summed E-state index contributed by atoms with van der Waals surface area (Å²) in [6.07, 6.45) is 6.98. The number of thioether (sulfide) groups is 1. The molecule has 1 spiro atoms. The third kappa shape index (κ3) is 4.09. The molecule has 3 saturated heterocycles. The molecule has 3 fully saturated rings. The summed E-state index contributed by atoms with van der Waals surface area (Å²) in [7, 11) is 1.63. The highest BCUT2D eigenvalue weighted by atomic mass is 32.2. The van der Waals surface area contributed by atoms with Crippen LogP contribution in [0.25, 0.3) is 0 Å².